The van der Waals surface area contributed by atoms with E-state index >= 15 is 0 Å². The van der Waals surface area contributed by atoms with E-state index in [9.17, 15) is 8.42 Å². The minimum Gasteiger partial charge on any atom is -0.342 e. The quantitative estimate of drug-likeness (QED) is 0.846. The molecule has 0 aliphatic rings. The van der Waals surface area contributed by atoms with Crippen molar-refractivity contribution >= 4 is 20.9 Å². The van der Waals surface area contributed by atoms with Crippen LogP contribution in [0, 0.1) is 0 Å². The lowest BCUT2D eigenvalue weighted by molar-refractivity contribution is 0.602. The maximum absolute atomic E-state index is 11.5. The van der Waals surface area contributed by atoms with Crippen LogP contribution in [0.5, 0.6) is 0 Å². The molecule has 1 N–H and O–H groups in total. The van der Waals surface area contributed by atoms with Crippen LogP contribution in [-0.2, 0) is 16.3 Å². The van der Waals surface area contributed by atoms with Gasteiger partial charge in [0.15, 0.2) is 9.84 Å². The lowest BCUT2D eigenvalue weighted by Gasteiger charge is -1.96. The Bertz CT molecular complexity index is 644. The largest absolute Gasteiger partial charge is 0.342 e. The van der Waals surface area contributed by atoms with Gasteiger partial charge < -0.3 is 4.98 Å². The molecule has 0 fully saturated rings. The van der Waals surface area contributed by atoms with Gasteiger partial charge in [-0.3, -0.25) is 0 Å². The summed E-state index contributed by atoms with van der Waals surface area (Å²) in [4.78, 5) is 7.98. The molecule has 0 radical (unpaired) electrons. The molecular weight excluding hydrogens is 248 g/mol. The predicted molar refractivity (Wildman–Crippen MR) is 72.4 cm³/mol. The third-order valence-electron chi connectivity index (χ3n) is 2.95. The summed E-state index contributed by atoms with van der Waals surface area (Å²) < 4.78 is 22.9. The van der Waals surface area contributed by atoms with Gasteiger partial charge in [0.2, 0.25) is 0 Å². The molecule has 98 valence electrons. The zero-order valence-electron chi connectivity index (χ0n) is 10.7. The van der Waals surface area contributed by atoms with Gasteiger partial charge in [-0.05, 0) is 24.6 Å². The number of hydrogen-bond donors (Lipinski definition) is 1. The van der Waals surface area contributed by atoms with E-state index in [1.165, 1.54) is 19.1 Å². The van der Waals surface area contributed by atoms with Gasteiger partial charge in [-0.1, -0.05) is 19.8 Å². The molecule has 0 aliphatic carbocycles. The van der Waals surface area contributed by atoms with E-state index in [0.717, 1.165) is 29.7 Å². The molecule has 0 spiro atoms. The molecule has 0 saturated heterocycles. The molecule has 0 atom stereocenters. The number of sulfone groups is 1. The van der Waals surface area contributed by atoms with E-state index in [0.29, 0.717) is 4.90 Å². The SMILES string of the molecule is CCCCCc1nc2ccc(S(C)(=O)=O)cc2[nH]1. The average Bonchev–Trinajstić information content (AvgIpc) is 2.69. The summed E-state index contributed by atoms with van der Waals surface area (Å²) in [7, 11) is -3.15. The standard InChI is InChI=1S/C13H18N2O2S/c1-3-4-5-6-13-14-11-8-7-10(18(2,16)17)9-12(11)15-13/h7-9H,3-6H2,1-2H3,(H,14,15). The van der Waals surface area contributed by atoms with Gasteiger partial charge in [-0.2, -0.15) is 0 Å². The molecule has 5 heteroatoms. The second kappa shape index (κ2) is 5.10. The normalized spacial score (nSPS) is 12.1. The van der Waals surface area contributed by atoms with Gasteiger partial charge in [-0.25, -0.2) is 13.4 Å². The fraction of sp³-hybridized carbons (Fsp3) is 0.462. The van der Waals surface area contributed by atoms with Crippen molar-refractivity contribution in [2.75, 3.05) is 6.26 Å². The van der Waals surface area contributed by atoms with Crippen molar-refractivity contribution in [1.29, 1.82) is 0 Å². The number of H-pyrrole nitrogens is 1. The lowest BCUT2D eigenvalue weighted by Crippen LogP contribution is -1.96. The average molecular weight is 266 g/mol. The Balaban J connectivity index is 2.28. The van der Waals surface area contributed by atoms with Crippen molar-refractivity contribution < 1.29 is 8.42 Å². The maximum atomic E-state index is 11.5. The Morgan fingerprint density at radius 2 is 2.06 bits per heavy atom. The first-order valence-corrected chi connectivity index (χ1v) is 8.08. The molecule has 2 aromatic rings. The molecule has 1 aromatic heterocycles. The highest BCUT2D eigenvalue weighted by molar-refractivity contribution is 7.90. The van der Waals surface area contributed by atoms with Crippen LogP contribution in [0.25, 0.3) is 11.0 Å². The Labute approximate surface area is 107 Å². The Kier molecular flexibility index (Phi) is 3.71. The molecule has 0 aliphatic heterocycles. The van der Waals surface area contributed by atoms with Crippen LogP contribution >= 0.6 is 0 Å². The number of aromatic amines is 1. The number of unbranched alkanes of at least 4 members (excludes halogenated alkanes) is 2. The van der Waals surface area contributed by atoms with Crippen molar-refractivity contribution in [3.63, 3.8) is 0 Å². The van der Waals surface area contributed by atoms with Gasteiger partial charge >= 0.3 is 0 Å². The minimum absolute atomic E-state index is 0.332. The molecule has 2 rings (SSSR count). The second-order valence-electron chi connectivity index (χ2n) is 4.59. The van der Waals surface area contributed by atoms with E-state index in [4.69, 9.17) is 0 Å². The minimum atomic E-state index is -3.15. The number of nitrogens with one attached hydrogen (secondary N) is 1. The molecular formula is C13H18N2O2S. The monoisotopic (exact) mass is 266 g/mol. The molecule has 0 bridgehead atoms. The molecule has 0 saturated carbocycles. The van der Waals surface area contributed by atoms with Gasteiger partial charge in [0.1, 0.15) is 5.82 Å². The Hall–Kier alpha value is -1.36. The summed E-state index contributed by atoms with van der Waals surface area (Å²) >= 11 is 0. The maximum Gasteiger partial charge on any atom is 0.175 e. The predicted octanol–water partition coefficient (Wildman–Crippen LogP) is 2.70. The number of benzene rings is 1. The summed E-state index contributed by atoms with van der Waals surface area (Å²) in [6.45, 7) is 2.16. The van der Waals surface area contributed by atoms with E-state index in [2.05, 4.69) is 16.9 Å². The van der Waals surface area contributed by atoms with Gasteiger partial charge in [0.05, 0.1) is 15.9 Å². The van der Waals surface area contributed by atoms with Crippen LogP contribution in [0.2, 0.25) is 0 Å². The molecule has 1 heterocycles. The third kappa shape index (κ3) is 2.90. The zero-order valence-corrected chi connectivity index (χ0v) is 11.5. The summed E-state index contributed by atoms with van der Waals surface area (Å²) in [5.74, 6) is 0.934. The van der Waals surface area contributed by atoms with Gasteiger partial charge in [0.25, 0.3) is 0 Å². The number of rotatable bonds is 5. The van der Waals surface area contributed by atoms with Crippen LogP contribution in [0.1, 0.15) is 32.0 Å². The van der Waals surface area contributed by atoms with Crippen molar-refractivity contribution in [2.45, 2.75) is 37.5 Å². The zero-order chi connectivity index (χ0) is 13.2. The van der Waals surface area contributed by atoms with Crippen LogP contribution in [0.4, 0.5) is 0 Å². The fourth-order valence-electron chi connectivity index (χ4n) is 1.93. The molecule has 0 amide bonds. The van der Waals surface area contributed by atoms with Gasteiger partial charge in [-0.15, -0.1) is 0 Å². The Morgan fingerprint density at radius 3 is 2.72 bits per heavy atom. The van der Waals surface area contributed by atoms with Crippen LogP contribution in [0.15, 0.2) is 23.1 Å². The third-order valence-corrected chi connectivity index (χ3v) is 4.06. The van der Waals surface area contributed by atoms with Crippen molar-refractivity contribution in [2.24, 2.45) is 0 Å². The molecule has 18 heavy (non-hydrogen) atoms. The first kappa shape index (κ1) is 13.1. The van der Waals surface area contributed by atoms with E-state index in [-0.39, 0.29) is 0 Å². The summed E-state index contributed by atoms with van der Waals surface area (Å²) in [6.07, 6.45) is 5.60. The number of imidazole rings is 1. The van der Waals surface area contributed by atoms with Crippen molar-refractivity contribution in [3.8, 4) is 0 Å². The number of fused-ring (bicyclic) bond motifs is 1. The summed E-state index contributed by atoms with van der Waals surface area (Å²) in [6, 6.07) is 5.01. The van der Waals surface area contributed by atoms with Gasteiger partial charge in [0, 0.05) is 12.7 Å². The smallest absolute Gasteiger partial charge is 0.175 e. The Morgan fingerprint density at radius 1 is 1.28 bits per heavy atom. The van der Waals surface area contributed by atoms with E-state index in [1.54, 1.807) is 18.2 Å². The fourth-order valence-corrected chi connectivity index (χ4v) is 2.58. The first-order chi connectivity index (χ1) is 8.50. The molecule has 4 nitrogen and oxygen atoms in total. The van der Waals surface area contributed by atoms with Crippen molar-refractivity contribution in [3.05, 3.63) is 24.0 Å². The highest BCUT2D eigenvalue weighted by Crippen LogP contribution is 2.18. The number of aromatic nitrogens is 2. The number of hydrogen-bond acceptors (Lipinski definition) is 3. The van der Waals surface area contributed by atoms with Crippen molar-refractivity contribution in [1.82, 2.24) is 9.97 Å². The number of nitrogens with zero attached hydrogens (tertiary/aromatic N) is 1. The first-order valence-electron chi connectivity index (χ1n) is 6.19. The highest BCUT2D eigenvalue weighted by atomic mass is 32.2. The lowest BCUT2D eigenvalue weighted by atomic mass is 10.2. The summed E-state index contributed by atoms with van der Waals surface area (Å²) in [5, 5.41) is 0. The van der Waals surface area contributed by atoms with Crippen LogP contribution in [0.3, 0.4) is 0 Å². The molecule has 0 unspecified atom stereocenters. The van der Waals surface area contributed by atoms with Crippen LogP contribution < -0.4 is 0 Å². The van der Waals surface area contributed by atoms with E-state index < -0.39 is 9.84 Å². The van der Waals surface area contributed by atoms with E-state index in [1.807, 2.05) is 0 Å². The molecule has 1 aromatic carbocycles. The summed E-state index contributed by atoms with van der Waals surface area (Å²) in [5.41, 5.74) is 1.62. The topological polar surface area (TPSA) is 62.8 Å². The highest BCUT2D eigenvalue weighted by Gasteiger charge is 2.09. The number of aryl methyl sites for hydroxylation is 1. The van der Waals surface area contributed by atoms with Crippen LogP contribution in [-0.4, -0.2) is 24.6 Å². The second-order valence-corrected chi connectivity index (χ2v) is 6.61.